The summed E-state index contributed by atoms with van der Waals surface area (Å²) < 4.78 is 12.8. The van der Waals surface area contributed by atoms with Crippen LogP contribution in [0.1, 0.15) is 28.7 Å². The molecule has 1 aliphatic rings. The Morgan fingerprint density at radius 3 is 2.34 bits per heavy atom. The predicted octanol–water partition coefficient (Wildman–Crippen LogP) is 4.34. The van der Waals surface area contributed by atoms with Gasteiger partial charge in [-0.3, -0.25) is 14.2 Å². The monoisotopic (exact) mass is 571 g/mol. The third-order valence-electron chi connectivity index (χ3n) is 7.13. The Morgan fingerprint density at radius 1 is 0.902 bits per heavy atom. The lowest BCUT2D eigenvalue weighted by atomic mass is 10.1. The number of carbonyl (C=O) groups excluding carboxylic acids is 2. The van der Waals surface area contributed by atoms with Crippen LogP contribution in [0.15, 0.2) is 84.0 Å². The van der Waals surface area contributed by atoms with Gasteiger partial charge in [0.15, 0.2) is 5.16 Å². The first-order valence-electron chi connectivity index (χ1n) is 13.5. The van der Waals surface area contributed by atoms with Gasteiger partial charge in [-0.25, -0.2) is 0 Å². The standard InChI is InChI=1S/C31H33N5O4S/c1-22-20-34(17-18-35(22)30(38)24-13-15-25(39-2)16-14-24)29(37)21-41-31-33-32-28(19-23-9-5-4-6-10-23)36(31)26-11-7-8-12-27(26)40-3/h4-16,22H,17-21H2,1-3H3. The number of hydrogen-bond acceptors (Lipinski definition) is 7. The summed E-state index contributed by atoms with van der Waals surface area (Å²) in [7, 11) is 3.23. The van der Waals surface area contributed by atoms with E-state index in [1.807, 2.05) is 63.8 Å². The van der Waals surface area contributed by atoms with Crippen LogP contribution in [-0.2, 0) is 11.2 Å². The largest absolute Gasteiger partial charge is 0.497 e. The Balaban J connectivity index is 1.27. The fourth-order valence-electron chi connectivity index (χ4n) is 4.95. The Labute approximate surface area is 244 Å². The first-order chi connectivity index (χ1) is 20.0. The highest BCUT2D eigenvalue weighted by Crippen LogP contribution is 2.30. The molecule has 0 N–H and O–H groups in total. The van der Waals surface area contributed by atoms with Crippen LogP contribution >= 0.6 is 11.8 Å². The summed E-state index contributed by atoms with van der Waals surface area (Å²) in [6.07, 6.45) is 0.585. The maximum atomic E-state index is 13.3. The Morgan fingerprint density at radius 2 is 1.63 bits per heavy atom. The minimum absolute atomic E-state index is 0.00224. The number of carbonyl (C=O) groups is 2. The van der Waals surface area contributed by atoms with Crippen molar-refractivity contribution in [3.05, 3.63) is 95.8 Å². The molecule has 3 aromatic carbocycles. The van der Waals surface area contributed by atoms with E-state index in [9.17, 15) is 9.59 Å². The Bertz CT molecular complexity index is 1490. The number of methoxy groups -OCH3 is 2. The maximum Gasteiger partial charge on any atom is 0.254 e. The van der Waals surface area contributed by atoms with Crippen LogP contribution in [0.3, 0.4) is 0 Å². The highest BCUT2D eigenvalue weighted by Gasteiger charge is 2.30. The van der Waals surface area contributed by atoms with Gasteiger partial charge in [0, 0.05) is 37.7 Å². The number of ether oxygens (including phenoxy) is 2. The number of para-hydroxylation sites is 2. The van der Waals surface area contributed by atoms with Crippen molar-refractivity contribution in [1.82, 2.24) is 24.6 Å². The number of rotatable bonds is 9. The van der Waals surface area contributed by atoms with Crippen molar-refractivity contribution < 1.29 is 19.1 Å². The van der Waals surface area contributed by atoms with Crippen molar-refractivity contribution in [1.29, 1.82) is 0 Å². The molecule has 1 aliphatic heterocycles. The average molecular weight is 572 g/mol. The third-order valence-corrected chi connectivity index (χ3v) is 8.05. The van der Waals surface area contributed by atoms with E-state index in [1.54, 1.807) is 38.5 Å². The van der Waals surface area contributed by atoms with Crippen LogP contribution in [-0.4, -0.2) is 82.0 Å². The molecule has 0 spiro atoms. The molecule has 1 saturated heterocycles. The molecule has 0 bridgehead atoms. The quantitative estimate of drug-likeness (QED) is 0.276. The van der Waals surface area contributed by atoms with E-state index in [2.05, 4.69) is 22.3 Å². The number of aromatic nitrogens is 3. The molecule has 1 fully saturated rings. The van der Waals surface area contributed by atoms with E-state index in [0.717, 1.165) is 17.1 Å². The van der Waals surface area contributed by atoms with Gasteiger partial charge in [-0.2, -0.15) is 0 Å². The first kappa shape index (κ1) is 28.2. The van der Waals surface area contributed by atoms with Crippen LogP contribution in [0.5, 0.6) is 11.5 Å². The zero-order chi connectivity index (χ0) is 28.8. The van der Waals surface area contributed by atoms with Crippen molar-refractivity contribution in [2.45, 2.75) is 24.5 Å². The maximum absolute atomic E-state index is 13.3. The zero-order valence-corrected chi connectivity index (χ0v) is 24.2. The molecule has 9 nitrogen and oxygen atoms in total. The van der Waals surface area contributed by atoms with Crippen molar-refractivity contribution in [2.75, 3.05) is 39.6 Å². The SMILES string of the molecule is COc1ccc(C(=O)N2CCN(C(=O)CSc3nnc(Cc4ccccc4)n3-c3ccccc3OC)CC2C)cc1. The van der Waals surface area contributed by atoms with Gasteiger partial charge in [0.2, 0.25) is 5.91 Å². The lowest BCUT2D eigenvalue weighted by molar-refractivity contribution is -0.130. The van der Waals surface area contributed by atoms with Crippen LogP contribution in [0.4, 0.5) is 0 Å². The van der Waals surface area contributed by atoms with Crippen molar-refractivity contribution in [3.8, 4) is 17.2 Å². The third kappa shape index (κ3) is 6.38. The number of piperazine rings is 1. The molecule has 0 saturated carbocycles. The van der Waals surface area contributed by atoms with E-state index < -0.39 is 0 Å². The van der Waals surface area contributed by atoms with Gasteiger partial charge in [-0.05, 0) is 48.9 Å². The van der Waals surface area contributed by atoms with Gasteiger partial charge in [0.25, 0.3) is 5.91 Å². The fourth-order valence-corrected chi connectivity index (χ4v) is 5.81. The molecule has 2 heterocycles. The minimum atomic E-state index is -0.109. The van der Waals surface area contributed by atoms with Gasteiger partial charge >= 0.3 is 0 Å². The highest BCUT2D eigenvalue weighted by atomic mass is 32.2. The van der Waals surface area contributed by atoms with Gasteiger partial charge in [-0.1, -0.05) is 54.2 Å². The molecule has 0 radical (unpaired) electrons. The van der Waals surface area contributed by atoms with Gasteiger partial charge in [0.1, 0.15) is 17.3 Å². The second-order valence-electron chi connectivity index (χ2n) is 9.77. The molecule has 1 aromatic heterocycles. The normalized spacial score (nSPS) is 15.0. The van der Waals surface area contributed by atoms with E-state index in [1.165, 1.54) is 11.8 Å². The summed E-state index contributed by atoms with van der Waals surface area (Å²) in [5, 5.41) is 9.58. The molecule has 4 aromatic rings. The molecule has 5 rings (SSSR count). The summed E-state index contributed by atoms with van der Waals surface area (Å²) in [5.74, 6) is 2.32. The lowest BCUT2D eigenvalue weighted by Crippen LogP contribution is -2.55. The lowest BCUT2D eigenvalue weighted by Gasteiger charge is -2.40. The topological polar surface area (TPSA) is 89.8 Å². The Kier molecular flexibility index (Phi) is 8.88. The number of nitrogens with zero attached hydrogens (tertiary/aromatic N) is 5. The van der Waals surface area contributed by atoms with Crippen LogP contribution in [0.2, 0.25) is 0 Å². The predicted molar refractivity (Wildman–Crippen MR) is 158 cm³/mol. The number of thioether (sulfide) groups is 1. The number of benzene rings is 3. The summed E-state index contributed by atoms with van der Waals surface area (Å²) in [6.45, 7) is 3.40. The number of amides is 2. The molecule has 2 amide bonds. The van der Waals surface area contributed by atoms with Crippen LogP contribution in [0, 0.1) is 0 Å². The zero-order valence-electron chi connectivity index (χ0n) is 23.4. The summed E-state index contributed by atoms with van der Waals surface area (Å²) in [5.41, 5.74) is 2.54. The van der Waals surface area contributed by atoms with Crippen LogP contribution < -0.4 is 9.47 Å². The molecule has 41 heavy (non-hydrogen) atoms. The summed E-state index contributed by atoms with van der Waals surface area (Å²) in [6, 6.07) is 24.8. The molecule has 0 aliphatic carbocycles. The summed E-state index contributed by atoms with van der Waals surface area (Å²) >= 11 is 1.35. The molecule has 10 heteroatoms. The van der Waals surface area contributed by atoms with Crippen molar-refractivity contribution >= 4 is 23.6 Å². The fraction of sp³-hybridized carbons (Fsp3) is 0.290. The second kappa shape index (κ2) is 12.9. The summed E-state index contributed by atoms with van der Waals surface area (Å²) in [4.78, 5) is 30.1. The molecular formula is C31H33N5O4S. The van der Waals surface area contributed by atoms with Crippen LogP contribution in [0.25, 0.3) is 5.69 Å². The van der Waals surface area contributed by atoms with E-state index in [4.69, 9.17) is 9.47 Å². The van der Waals surface area contributed by atoms with E-state index in [-0.39, 0.29) is 23.6 Å². The average Bonchev–Trinajstić information content (AvgIpc) is 3.41. The van der Waals surface area contributed by atoms with Gasteiger partial charge < -0.3 is 19.3 Å². The van der Waals surface area contributed by atoms with Crippen molar-refractivity contribution in [2.24, 2.45) is 0 Å². The molecule has 212 valence electrons. The minimum Gasteiger partial charge on any atom is -0.497 e. The van der Waals surface area contributed by atoms with Gasteiger partial charge in [0.05, 0.1) is 25.7 Å². The molecule has 1 unspecified atom stereocenters. The second-order valence-corrected chi connectivity index (χ2v) is 10.7. The smallest absolute Gasteiger partial charge is 0.254 e. The first-order valence-corrected chi connectivity index (χ1v) is 14.4. The van der Waals surface area contributed by atoms with E-state index >= 15 is 0 Å². The highest BCUT2D eigenvalue weighted by molar-refractivity contribution is 7.99. The molecular weight excluding hydrogens is 538 g/mol. The molecule has 1 atom stereocenters. The van der Waals surface area contributed by atoms with Gasteiger partial charge in [-0.15, -0.1) is 10.2 Å². The Hall–Kier alpha value is -4.31. The van der Waals surface area contributed by atoms with Crippen molar-refractivity contribution in [3.63, 3.8) is 0 Å². The van der Waals surface area contributed by atoms with E-state index in [0.29, 0.717) is 48.3 Å². The number of hydrogen-bond donors (Lipinski definition) is 0.